The molecule has 3 rings (SSSR count). The maximum Gasteiger partial charge on any atom is 0.196 e. The van der Waals surface area contributed by atoms with E-state index in [1.54, 1.807) is 6.07 Å². The maximum absolute atomic E-state index is 13.2. The molecule has 0 aromatic heterocycles. The highest BCUT2D eigenvalue weighted by Crippen LogP contribution is 2.35. The van der Waals surface area contributed by atoms with Gasteiger partial charge < -0.3 is 10.6 Å². The van der Waals surface area contributed by atoms with E-state index < -0.39 is 0 Å². The molecule has 0 spiro atoms. The van der Waals surface area contributed by atoms with Crippen LogP contribution in [0.15, 0.2) is 51.9 Å². The fraction of sp³-hybridized carbons (Fsp3) is 0.133. The summed E-state index contributed by atoms with van der Waals surface area (Å²) in [5.41, 5.74) is 7.73. The third kappa shape index (κ3) is 2.76. The highest BCUT2D eigenvalue weighted by Gasteiger charge is 2.30. The molecule has 1 aliphatic rings. The number of aliphatic imine (C=N–C) groups is 1. The molecule has 0 bridgehead atoms. The molecule has 108 valence electrons. The zero-order chi connectivity index (χ0) is 15.0. The summed E-state index contributed by atoms with van der Waals surface area (Å²) in [5.74, 6) is 0.0774. The highest BCUT2D eigenvalue weighted by atomic mass is 79.9. The van der Waals surface area contributed by atoms with Gasteiger partial charge in [0.15, 0.2) is 5.96 Å². The van der Waals surface area contributed by atoms with Gasteiger partial charge in [-0.1, -0.05) is 33.6 Å². The van der Waals surface area contributed by atoms with E-state index in [4.69, 9.17) is 17.3 Å². The Morgan fingerprint density at radius 2 is 1.95 bits per heavy atom. The Hall–Kier alpha value is -1.59. The third-order valence-electron chi connectivity index (χ3n) is 3.41. The highest BCUT2D eigenvalue weighted by molar-refractivity contribution is 9.10. The molecule has 1 unspecified atom stereocenters. The van der Waals surface area contributed by atoms with Crippen LogP contribution in [-0.2, 0) is 0 Å². The van der Waals surface area contributed by atoms with Crippen LogP contribution < -0.4 is 10.6 Å². The molecule has 2 aromatic carbocycles. The Labute approximate surface area is 135 Å². The second-order valence-electron chi connectivity index (χ2n) is 4.73. The van der Waals surface area contributed by atoms with Gasteiger partial charge >= 0.3 is 0 Å². The Kier molecular flexibility index (Phi) is 3.87. The molecule has 1 atom stereocenters. The Bertz CT molecular complexity index is 703. The van der Waals surface area contributed by atoms with Crippen LogP contribution in [0.1, 0.15) is 11.6 Å². The van der Waals surface area contributed by atoms with E-state index in [1.165, 1.54) is 12.1 Å². The van der Waals surface area contributed by atoms with Crippen molar-refractivity contribution in [2.45, 2.75) is 6.04 Å². The first kappa shape index (κ1) is 14.4. The number of nitrogens with zero attached hydrogens (tertiary/aromatic N) is 2. The molecule has 0 saturated carbocycles. The number of guanidine groups is 1. The largest absolute Gasteiger partial charge is 0.369 e. The summed E-state index contributed by atoms with van der Waals surface area (Å²) in [5, 5.41) is 0.381. The molecule has 0 amide bonds. The van der Waals surface area contributed by atoms with Crippen LogP contribution >= 0.6 is 27.5 Å². The van der Waals surface area contributed by atoms with Crippen molar-refractivity contribution in [1.29, 1.82) is 0 Å². The van der Waals surface area contributed by atoms with Crippen LogP contribution in [0.25, 0.3) is 0 Å². The van der Waals surface area contributed by atoms with Gasteiger partial charge in [-0.15, -0.1) is 0 Å². The average molecular weight is 369 g/mol. The minimum absolute atomic E-state index is 0.126. The number of benzene rings is 2. The second kappa shape index (κ2) is 5.66. The van der Waals surface area contributed by atoms with E-state index in [2.05, 4.69) is 20.9 Å². The van der Waals surface area contributed by atoms with E-state index in [1.807, 2.05) is 29.2 Å². The van der Waals surface area contributed by atoms with Gasteiger partial charge in [0.05, 0.1) is 12.6 Å². The van der Waals surface area contributed by atoms with E-state index >= 15 is 0 Å². The van der Waals surface area contributed by atoms with Crippen LogP contribution in [0.5, 0.6) is 0 Å². The molecule has 0 aliphatic carbocycles. The second-order valence-corrected chi connectivity index (χ2v) is 6.05. The summed E-state index contributed by atoms with van der Waals surface area (Å²) < 4.78 is 14.2. The molecule has 1 aliphatic heterocycles. The van der Waals surface area contributed by atoms with Gasteiger partial charge in [0, 0.05) is 15.2 Å². The van der Waals surface area contributed by atoms with Crippen molar-refractivity contribution in [3.63, 3.8) is 0 Å². The first-order valence-corrected chi connectivity index (χ1v) is 7.53. The molecule has 0 saturated heterocycles. The molecular weight excluding hydrogens is 357 g/mol. The van der Waals surface area contributed by atoms with Crippen molar-refractivity contribution in [1.82, 2.24) is 0 Å². The predicted molar refractivity (Wildman–Crippen MR) is 87.3 cm³/mol. The van der Waals surface area contributed by atoms with Gasteiger partial charge in [-0.2, -0.15) is 0 Å². The maximum atomic E-state index is 13.2. The lowest BCUT2D eigenvalue weighted by molar-refractivity contribution is 0.625. The molecule has 0 fully saturated rings. The quantitative estimate of drug-likeness (QED) is 0.866. The van der Waals surface area contributed by atoms with Gasteiger partial charge in [0.2, 0.25) is 0 Å². The summed E-state index contributed by atoms with van der Waals surface area (Å²) in [7, 11) is 0. The van der Waals surface area contributed by atoms with E-state index in [9.17, 15) is 4.39 Å². The molecule has 1 heterocycles. The summed E-state index contributed by atoms with van der Waals surface area (Å²) in [4.78, 5) is 6.20. The van der Waals surface area contributed by atoms with E-state index in [-0.39, 0.29) is 11.9 Å². The fourth-order valence-corrected chi connectivity index (χ4v) is 2.98. The number of halogens is 3. The average Bonchev–Trinajstić information content (AvgIpc) is 2.82. The number of rotatable bonds is 2. The lowest BCUT2D eigenvalue weighted by Gasteiger charge is -2.27. The molecule has 2 N–H and O–H groups in total. The van der Waals surface area contributed by atoms with Crippen LogP contribution in [-0.4, -0.2) is 12.5 Å². The summed E-state index contributed by atoms with van der Waals surface area (Å²) in [6.07, 6.45) is 0. The minimum atomic E-state index is -0.356. The summed E-state index contributed by atoms with van der Waals surface area (Å²) in [6, 6.07) is 12.0. The topological polar surface area (TPSA) is 41.6 Å². The zero-order valence-electron chi connectivity index (χ0n) is 10.9. The van der Waals surface area contributed by atoms with Crippen molar-refractivity contribution in [3.05, 3.63) is 63.3 Å². The molecule has 0 radical (unpaired) electrons. The van der Waals surface area contributed by atoms with Crippen LogP contribution in [0.3, 0.4) is 0 Å². The molecule has 21 heavy (non-hydrogen) atoms. The molecule has 3 nitrogen and oxygen atoms in total. The Balaban J connectivity index is 2.00. The monoisotopic (exact) mass is 367 g/mol. The Morgan fingerprint density at radius 1 is 1.24 bits per heavy atom. The predicted octanol–water partition coefficient (Wildman–Crippen LogP) is 4.12. The number of nitrogens with two attached hydrogens (primary N) is 1. The van der Waals surface area contributed by atoms with Crippen molar-refractivity contribution in [3.8, 4) is 0 Å². The first-order chi connectivity index (χ1) is 10.1. The summed E-state index contributed by atoms with van der Waals surface area (Å²) >= 11 is 9.58. The first-order valence-electron chi connectivity index (χ1n) is 6.36. The number of hydrogen-bond donors (Lipinski definition) is 1. The molecule has 2 aromatic rings. The van der Waals surface area contributed by atoms with Crippen molar-refractivity contribution >= 4 is 39.2 Å². The van der Waals surface area contributed by atoms with Crippen molar-refractivity contribution in [2.75, 3.05) is 11.4 Å². The number of anilines is 1. The van der Waals surface area contributed by atoms with Gasteiger partial charge in [0.25, 0.3) is 0 Å². The summed E-state index contributed by atoms with van der Waals surface area (Å²) in [6.45, 7) is 0.493. The van der Waals surface area contributed by atoms with Gasteiger partial charge in [-0.05, 0) is 42.0 Å². The van der Waals surface area contributed by atoms with E-state index in [0.717, 1.165) is 15.7 Å². The normalized spacial score (nSPS) is 18.0. The Morgan fingerprint density at radius 3 is 2.62 bits per heavy atom. The fourth-order valence-electron chi connectivity index (χ4n) is 2.42. The number of hydrogen-bond acceptors (Lipinski definition) is 3. The van der Waals surface area contributed by atoms with Gasteiger partial charge in [-0.25, -0.2) is 4.39 Å². The lowest BCUT2D eigenvalue weighted by atomic mass is 10.1. The van der Waals surface area contributed by atoms with Crippen LogP contribution in [0, 0.1) is 5.82 Å². The van der Waals surface area contributed by atoms with Crippen LogP contribution in [0.2, 0.25) is 5.02 Å². The standard InChI is InChI=1S/C15H12BrClFN3/c16-9-1-4-11(5-2-9)21-14(8-20-15(21)19)12-6-3-10(18)7-13(12)17/h1-7,14H,8H2,(H2,19,20). The zero-order valence-corrected chi connectivity index (χ0v) is 13.3. The van der Waals surface area contributed by atoms with Crippen LogP contribution in [0.4, 0.5) is 10.1 Å². The lowest BCUT2D eigenvalue weighted by Crippen LogP contribution is -2.36. The van der Waals surface area contributed by atoms with Crippen molar-refractivity contribution in [2.24, 2.45) is 10.7 Å². The third-order valence-corrected chi connectivity index (χ3v) is 4.27. The van der Waals surface area contributed by atoms with E-state index in [0.29, 0.717) is 17.5 Å². The molecule has 6 heteroatoms. The molecular formula is C15H12BrClFN3. The minimum Gasteiger partial charge on any atom is -0.369 e. The van der Waals surface area contributed by atoms with Crippen molar-refractivity contribution < 1.29 is 4.39 Å². The SMILES string of the molecule is NC1=NCC(c2ccc(F)cc2Cl)N1c1ccc(Br)cc1. The smallest absolute Gasteiger partial charge is 0.196 e. The van der Waals surface area contributed by atoms with Gasteiger partial charge in [-0.3, -0.25) is 4.99 Å². The van der Waals surface area contributed by atoms with Gasteiger partial charge in [0.1, 0.15) is 5.82 Å².